The largest absolute Gasteiger partial charge is 0.462 e. The van der Waals surface area contributed by atoms with Crippen LogP contribution in [0, 0.1) is 23.2 Å². The lowest BCUT2D eigenvalue weighted by Crippen LogP contribution is -2.51. The van der Waals surface area contributed by atoms with Gasteiger partial charge in [0.05, 0.1) is 18.1 Å². The number of likely N-dealkylation sites (tertiary alicyclic amines) is 1. The molecule has 5 nitrogen and oxygen atoms in total. The number of hydrogen-bond donors (Lipinski definition) is 0. The van der Waals surface area contributed by atoms with Gasteiger partial charge in [-0.05, 0) is 83.5 Å². The Morgan fingerprint density at radius 2 is 2.00 bits per heavy atom. The number of hydrogen-bond acceptors (Lipinski definition) is 5. The van der Waals surface area contributed by atoms with Crippen LogP contribution in [0.5, 0.6) is 0 Å². The Hall–Kier alpha value is -0.650. The molecule has 0 unspecified atom stereocenters. The maximum Gasteiger partial charge on any atom is 0.310 e. The van der Waals surface area contributed by atoms with E-state index >= 15 is 0 Å². The minimum Gasteiger partial charge on any atom is -0.462 e. The standard InChI is InChI=1S/C22H36N2O3/c1-21-7-4-8-22(14-26-22)19(21)11-16-17(20(25)27-18(16)12-21)13-24(3)15-5-9-23(2)10-6-15/h15-19H,4-14H2,1-3H3/t16-,17+,18-,19-,21-,22+/m1/s1. The highest BCUT2D eigenvalue weighted by atomic mass is 16.6. The SMILES string of the molecule is CN1CCC(N(C)C[C@@H]2C(=O)O[C@@H]3C[C@@]4(C)CCC[C@]5(CO5)[C@@H]4C[C@H]23)CC1. The number of piperidine rings is 1. The summed E-state index contributed by atoms with van der Waals surface area (Å²) in [7, 11) is 4.42. The predicted molar refractivity (Wildman–Crippen MR) is 103 cm³/mol. The van der Waals surface area contributed by atoms with Gasteiger partial charge in [-0.1, -0.05) is 6.92 Å². The minimum atomic E-state index is 0.0573. The van der Waals surface area contributed by atoms with Crippen molar-refractivity contribution in [1.29, 1.82) is 0 Å². The number of carbonyl (C=O) groups excluding carboxylic acids is 1. The van der Waals surface area contributed by atoms with Crippen molar-refractivity contribution in [2.24, 2.45) is 23.2 Å². The molecule has 5 rings (SSSR count). The third-order valence-corrected chi connectivity index (χ3v) is 8.88. The van der Waals surface area contributed by atoms with Crippen molar-refractivity contribution in [2.75, 3.05) is 40.3 Å². The number of nitrogens with zero attached hydrogens (tertiary/aromatic N) is 2. The van der Waals surface area contributed by atoms with Crippen molar-refractivity contribution >= 4 is 5.97 Å². The molecule has 0 aromatic heterocycles. The molecule has 5 fully saturated rings. The smallest absolute Gasteiger partial charge is 0.310 e. The second kappa shape index (κ2) is 6.43. The van der Waals surface area contributed by atoms with Gasteiger partial charge in [-0.25, -0.2) is 0 Å². The van der Waals surface area contributed by atoms with E-state index < -0.39 is 0 Å². The van der Waals surface area contributed by atoms with Crippen LogP contribution in [-0.2, 0) is 14.3 Å². The van der Waals surface area contributed by atoms with Crippen LogP contribution in [0.1, 0.15) is 51.9 Å². The zero-order valence-corrected chi connectivity index (χ0v) is 17.3. The number of rotatable bonds is 3. The Morgan fingerprint density at radius 3 is 2.70 bits per heavy atom. The molecular formula is C22H36N2O3. The van der Waals surface area contributed by atoms with Gasteiger partial charge < -0.3 is 19.3 Å². The lowest BCUT2D eigenvalue weighted by atomic mass is 9.53. The van der Waals surface area contributed by atoms with Crippen LogP contribution in [0.25, 0.3) is 0 Å². The molecule has 0 N–H and O–H groups in total. The maximum absolute atomic E-state index is 12.8. The van der Waals surface area contributed by atoms with E-state index in [0.717, 1.165) is 39.1 Å². The van der Waals surface area contributed by atoms with Gasteiger partial charge in [0.2, 0.25) is 0 Å². The van der Waals surface area contributed by atoms with Gasteiger partial charge in [-0.3, -0.25) is 4.79 Å². The summed E-state index contributed by atoms with van der Waals surface area (Å²) in [6.45, 7) is 6.57. The summed E-state index contributed by atoms with van der Waals surface area (Å²) in [4.78, 5) is 17.7. The molecule has 2 aliphatic carbocycles. The summed E-state index contributed by atoms with van der Waals surface area (Å²) >= 11 is 0. The molecule has 0 aromatic carbocycles. The van der Waals surface area contributed by atoms with Crippen LogP contribution >= 0.6 is 0 Å². The molecule has 0 aromatic rings. The van der Waals surface area contributed by atoms with E-state index in [-0.39, 0.29) is 23.6 Å². The van der Waals surface area contributed by atoms with Gasteiger partial charge in [-0.15, -0.1) is 0 Å². The first-order valence-corrected chi connectivity index (χ1v) is 11.1. The molecular weight excluding hydrogens is 340 g/mol. The van der Waals surface area contributed by atoms with E-state index in [2.05, 4.69) is 30.8 Å². The highest BCUT2D eigenvalue weighted by molar-refractivity contribution is 5.75. The van der Waals surface area contributed by atoms with E-state index in [1.165, 1.54) is 32.1 Å². The zero-order chi connectivity index (χ0) is 18.8. The first-order valence-electron chi connectivity index (χ1n) is 11.1. The van der Waals surface area contributed by atoms with Gasteiger partial charge >= 0.3 is 5.97 Å². The molecule has 3 saturated heterocycles. The maximum atomic E-state index is 12.8. The van der Waals surface area contributed by atoms with Gasteiger partial charge in [0.25, 0.3) is 0 Å². The van der Waals surface area contributed by atoms with Crippen LogP contribution < -0.4 is 0 Å². The van der Waals surface area contributed by atoms with E-state index in [0.29, 0.717) is 23.3 Å². The first kappa shape index (κ1) is 18.4. The Labute approximate surface area is 163 Å². The van der Waals surface area contributed by atoms with Crippen LogP contribution in [0.15, 0.2) is 0 Å². The molecule has 6 atom stereocenters. The van der Waals surface area contributed by atoms with Crippen LogP contribution in [-0.4, -0.2) is 73.9 Å². The topological polar surface area (TPSA) is 45.3 Å². The Morgan fingerprint density at radius 1 is 1.26 bits per heavy atom. The average molecular weight is 377 g/mol. The Kier molecular flexibility index (Phi) is 4.38. The van der Waals surface area contributed by atoms with Gasteiger partial charge in [0.1, 0.15) is 6.10 Å². The number of ether oxygens (including phenoxy) is 2. The molecule has 27 heavy (non-hydrogen) atoms. The van der Waals surface area contributed by atoms with Crippen LogP contribution in [0.4, 0.5) is 0 Å². The lowest BCUT2D eigenvalue weighted by molar-refractivity contribution is -0.147. The molecule has 152 valence electrons. The van der Waals surface area contributed by atoms with Crippen molar-refractivity contribution in [3.8, 4) is 0 Å². The fraction of sp³-hybridized carbons (Fsp3) is 0.955. The summed E-state index contributed by atoms with van der Waals surface area (Å²) in [6.07, 6.45) is 8.49. The predicted octanol–water partition coefficient (Wildman–Crippen LogP) is 2.54. The average Bonchev–Trinajstić information content (AvgIpc) is 3.33. The number of epoxide rings is 1. The second-order valence-electron chi connectivity index (χ2n) is 10.6. The number of esters is 1. The Balaban J connectivity index is 1.30. The fourth-order valence-electron chi connectivity index (χ4n) is 7.06. The number of fused-ring (bicyclic) bond motifs is 3. The minimum absolute atomic E-state index is 0.0573. The number of carbonyl (C=O) groups is 1. The fourth-order valence-corrected chi connectivity index (χ4v) is 7.06. The monoisotopic (exact) mass is 376 g/mol. The molecule has 0 radical (unpaired) electrons. The first-order chi connectivity index (χ1) is 12.9. The van der Waals surface area contributed by atoms with Crippen molar-refractivity contribution in [1.82, 2.24) is 9.80 Å². The summed E-state index contributed by atoms with van der Waals surface area (Å²) in [5.74, 6) is 1.13. The van der Waals surface area contributed by atoms with Crippen molar-refractivity contribution < 1.29 is 14.3 Å². The third-order valence-electron chi connectivity index (χ3n) is 8.88. The van der Waals surface area contributed by atoms with E-state index in [9.17, 15) is 4.79 Å². The normalized spacial score (nSPS) is 47.8. The second-order valence-corrected chi connectivity index (χ2v) is 10.6. The molecule has 2 saturated carbocycles. The highest BCUT2D eigenvalue weighted by Crippen LogP contribution is 2.62. The van der Waals surface area contributed by atoms with E-state index in [1.54, 1.807) is 0 Å². The van der Waals surface area contributed by atoms with Crippen LogP contribution in [0.2, 0.25) is 0 Å². The molecule has 5 heteroatoms. The van der Waals surface area contributed by atoms with Crippen LogP contribution in [0.3, 0.4) is 0 Å². The quantitative estimate of drug-likeness (QED) is 0.559. The Bertz CT molecular complexity index is 598. The highest BCUT2D eigenvalue weighted by Gasteiger charge is 2.65. The summed E-state index contributed by atoms with van der Waals surface area (Å²) in [5.41, 5.74) is 0.443. The van der Waals surface area contributed by atoms with E-state index in [1.807, 2.05) is 0 Å². The molecule has 0 amide bonds. The van der Waals surface area contributed by atoms with Gasteiger partial charge in [0, 0.05) is 18.5 Å². The molecule has 3 heterocycles. The molecule has 0 bridgehead atoms. The molecule has 1 spiro atoms. The third kappa shape index (κ3) is 3.05. The van der Waals surface area contributed by atoms with Crippen molar-refractivity contribution in [3.05, 3.63) is 0 Å². The lowest BCUT2D eigenvalue weighted by Gasteiger charge is -2.51. The summed E-state index contributed by atoms with van der Waals surface area (Å²) in [5, 5.41) is 0. The summed E-state index contributed by atoms with van der Waals surface area (Å²) < 4.78 is 12.0. The van der Waals surface area contributed by atoms with Gasteiger partial charge in [0.15, 0.2) is 0 Å². The van der Waals surface area contributed by atoms with E-state index in [4.69, 9.17) is 9.47 Å². The molecule has 3 aliphatic heterocycles. The van der Waals surface area contributed by atoms with Gasteiger partial charge in [-0.2, -0.15) is 0 Å². The van der Waals surface area contributed by atoms with Crippen molar-refractivity contribution in [3.63, 3.8) is 0 Å². The van der Waals surface area contributed by atoms with Crippen molar-refractivity contribution in [2.45, 2.75) is 69.6 Å². The summed E-state index contributed by atoms with van der Waals surface area (Å²) in [6, 6.07) is 0.606. The zero-order valence-electron chi connectivity index (χ0n) is 17.3. The molecule has 5 aliphatic rings.